The summed E-state index contributed by atoms with van der Waals surface area (Å²) in [5, 5.41) is 3.42. The number of carbonyl (C=O) groups is 1. The second-order valence-corrected chi connectivity index (χ2v) is 11.5. The Balaban J connectivity index is 1.90. The van der Waals surface area contributed by atoms with Gasteiger partial charge < -0.3 is 5.32 Å². The van der Waals surface area contributed by atoms with Gasteiger partial charge in [-0.3, -0.25) is 4.79 Å². The molecule has 0 aliphatic heterocycles. The van der Waals surface area contributed by atoms with E-state index >= 15 is 0 Å². The average Bonchev–Trinajstić information content (AvgIpc) is 2.72. The van der Waals surface area contributed by atoms with Crippen LogP contribution < -0.4 is 5.32 Å². The third kappa shape index (κ3) is 6.20. The summed E-state index contributed by atoms with van der Waals surface area (Å²) in [6.45, 7) is 3.46. The van der Waals surface area contributed by atoms with E-state index in [1.54, 1.807) is 36.4 Å². The molecule has 0 atom stereocenters. The maximum Gasteiger partial charge on any atom is 0.243 e. The number of anilines is 1. The van der Waals surface area contributed by atoms with Gasteiger partial charge in [0.15, 0.2) is 0 Å². The Bertz CT molecular complexity index is 1210. The van der Waals surface area contributed by atoms with Crippen LogP contribution in [0.15, 0.2) is 74.5 Å². The summed E-state index contributed by atoms with van der Waals surface area (Å²) in [6, 6.07) is 17.0. The van der Waals surface area contributed by atoms with Crippen molar-refractivity contribution in [3.05, 3.63) is 91.3 Å². The molecule has 1 N–H and O–H groups in total. The fraction of sp³-hybridized carbons (Fsp3) is 0.174. The first-order chi connectivity index (χ1) is 15.1. The highest BCUT2D eigenvalue weighted by atomic mass is 79.9. The van der Waals surface area contributed by atoms with E-state index in [2.05, 4.69) is 37.2 Å². The molecular weight excluding hydrogens is 580 g/mol. The van der Waals surface area contributed by atoms with Gasteiger partial charge in [-0.15, -0.1) is 0 Å². The van der Waals surface area contributed by atoms with E-state index in [0.29, 0.717) is 10.7 Å². The summed E-state index contributed by atoms with van der Waals surface area (Å²) in [7, 11) is -3.93. The number of benzene rings is 3. The maximum absolute atomic E-state index is 13.4. The lowest BCUT2D eigenvalue weighted by atomic mass is 10.1. The Morgan fingerprint density at radius 3 is 2.06 bits per heavy atom. The summed E-state index contributed by atoms with van der Waals surface area (Å²) in [4.78, 5) is 13.0. The fourth-order valence-electron chi connectivity index (χ4n) is 3.22. The zero-order valence-corrected chi connectivity index (χ0v) is 22.1. The Kier molecular flexibility index (Phi) is 8.16. The molecule has 0 aliphatic carbocycles. The number of rotatable bonds is 7. The Labute approximate surface area is 210 Å². The van der Waals surface area contributed by atoms with Crippen LogP contribution in [0.25, 0.3) is 0 Å². The molecular formula is C23H21Br2ClN2O3S. The van der Waals surface area contributed by atoms with Gasteiger partial charge in [-0.2, -0.15) is 4.31 Å². The molecule has 32 heavy (non-hydrogen) atoms. The molecule has 0 heterocycles. The molecule has 168 valence electrons. The standard InChI is InChI=1S/C23H21Br2ClN2O3S/c1-15-11-19(25)12-16(2)23(15)27-22(29)14-28(13-17-3-7-20(26)8-4-17)32(30,31)21-9-5-18(24)6-10-21/h3-12H,13-14H2,1-2H3,(H,27,29). The van der Waals surface area contributed by atoms with Crippen LogP contribution in [0.3, 0.4) is 0 Å². The van der Waals surface area contributed by atoms with Crippen LogP contribution in [-0.2, 0) is 21.4 Å². The molecule has 0 fully saturated rings. The minimum absolute atomic E-state index is 0.0291. The molecule has 0 unspecified atom stereocenters. The molecule has 3 aromatic rings. The van der Waals surface area contributed by atoms with E-state index in [1.165, 1.54) is 16.4 Å². The SMILES string of the molecule is Cc1cc(Br)cc(C)c1NC(=O)CN(Cc1ccc(Cl)cc1)S(=O)(=O)c1ccc(Br)cc1. The van der Waals surface area contributed by atoms with Crippen molar-refractivity contribution in [1.29, 1.82) is 0 Å². The van der Waals surface area contributed by atoms with Gasteiger partial charge in [0.05, 0.1) is 11.4 Å². The number of sulfonamides is 1. The highest BCUT2D eigenvalue weighted by molar-refractivity contribution is 9.10. The van der Waals surface area contributed by atoms with Crippen LogP contribution in [0.1, 0.15) is 16.7 Å². The lowest BCUT2D eigenvalue weighted by Gasteiger charge is -2.23. The van der Waals surface area contributed by atoms with Crippen molar-refractivity contribution in [2.75, 3.05) is 11.9 Å². The topological polar surface area (TPSA) is 66.5 Å². The number of aryl methyl sites for hydroxylation is 2. The van der Waals surface area contributed by atoms with E-state index in [1.807, 2.05) is 26.0 Å². The lowest BCUT2D eigenvalue weighted by molar-refractivity contribution is -0.116. The van der Waals surface area contributed by atoms with Crippen LogP contribution in [-0.4, -0.2) is 25.2 Å². The number of amides is 1. The first-order valence-corrected chi connectivity index (χ1v) is 13.0. The molecule has 3 aromatic carbocycles. The molecule has 0 bridgehead atoms. The van der Waals surface area contributed by atoms with Crippen LogP contribution in [0.4, 0.5) is 5.69 Å². The molecule has 0 radical (unpaired) electrons. The number of carbonyl (C=O) groups excluding carboxylic acids is 1. The minimum atomic E-state index is -3.93. The molecule has 0 saturated heterocycles. The number of nitrogens with one attached hydrogen (secondary N) is 1. The molecule has 3 rings (SSSR count). The van der Waals surface area contributed by atoms with E-state index in [9.17, 15) is 13.2 Å². The van der Waals surface area contributed by atoms with Gasteiger partial charge in [0.1, 0.15) is 0 Å². The van der Waals surface area contributed by atoms with Crippen LogP contribution >= 0.6 is 43.5 Å². The second-order valence-electron chi connectivity index (χ2n) is 7.32. The molecule has 0 spiro atoms. The first-order valence-electron chi connectivity index (χ1n) is 9.63. The monoisotopic (exact) mass is 598 g/mol. The van der Waals surface area contributed by atoms with Gasteiger partial charge in [-0.25, -0.2) is 8.42 Å². The van der Waals surface area contributed by atoms with Crippen molar-refractivity contribution in [2.45, 2.75) is 25.3 Å². The normalized spacial score (nSPS) is 11.6. The summed E-state index contributed by atoms with van der Waals surface area (Å²) < 4.78 is 29.6. The third-order valence-electron chi connectivity index (χ3n) is 4.81. The number of halogens is 3. The van der Waals surface area contributed by atoms with Gasteiger partial charge in [-0.05, 0) is 79.1 Å². The minimum Gasteiger partial charge on any atom is -0.324 e. The van der Waals surface area contributed by atoms with Gasteiger partial charge in [0.25, 0.3) is 0 Å². The summed E-state index contributed by atoms with van der Waals surface area (Å²) in [5.74, 6) is -0.423. The zero-order chi connectivity index (χ0) is 23.5. The van der Waals surface area contributed by atoms with Crippen molar-refractivity contribution >= 4 is 65.1 Å². The quantitative estimate of drug-likeness (QED) is 0.346. The lowest BCUT2D eigenvalue weighted by Crippen LogP contribution is -2.37. The average molecular weight is 601 g/mol. The number of nitrogens with zero attached hydrogens (tertiary/aromatic N) is 1. The summed E-state index contributed by atoms with van der Waals surface area (Å²) in [5.41, 5.74) is 3.15. The van der Waals surface area contributed by atoms with Crippen LogP contribution in [0.2, 0.25) is 5.02 Å². The van der Waals surface area contributed by atoms with Gasteiger partial charge in [-0.1, -0.05) is 55.6 Å². The van der Waals surface area contributed by atoms with Crippen LogP contribution in [0, 0.1) is 13.8 Å². The zero-order valence-electron chi connectivity index (χ0n) is 17.4. The second kappa shape index (κ2) is 10.5. The molecule has 0 aliphatic rings. The van der Waals surface area contributed by atoms with Crippen molar-refractivity contribution in [2.24, 2.45) is 0 Å². The van der Waals surface area contributed by atoms with Gasteiger partial charge in [0.2, 0.25) is 15.9 Å². The Morgan fingerprint density at radius 1 is 0.938 bits per heavy atom. The largest absolute Gasteiger partial charge is 0.324 e. The first kappa shape index (κ1) is 24.9. The maximum atomic E-state index is 13.4. The number of hydrogen-bond acceptors (Lipinski definition) is 3. The highest BCUT2D eigenvalue weighted by Crippen LogP contribution is 2.26. The van der Waals surface area contributed by atoms with Gasteiger partial charge in [0, 0.05) is 26.2 Å². The molecule has 0 saturated carbocycles. The van der Waals surface area contributed by atoms with Crippen molar-refractivity contribution in [1.82, 2.24) is 4.31 Å². The van der Waals surface area contributed by atoms with E-state index in [4.69, 9.17) is 11.6 Å². The van der Waals surface area contributed by atoms with Gasteiger partial charge >= 0.3 is 0 Å². The summed E-state index contributed by atoms with van der Waals surface area (Å²) >= 11 is 12.7. The van der Waals surface area contributed by atoms with Crippen LogP contribution in [0.5, 0.6) is 0 Å². The van der Waals surface area contributed by atoms with E-state index in [-0.39, 0.29) is 18.0 Å². The third-order valence-corrected chi connectivity index (χ3v) is 7.85. The van der Waals surface area contributed by atoms with Crippen molar-refractivity contribution < 1.29 is 13.2 Å². The highest BCUT2D eigenvalue weighted by Gasteiger charge is 2.27. The van der Waals surface area contributed by atoms with Crippen molar-refractivity contribution in [3.8, 4) is 0 Å². The predicted octanol–water partition coefficient (Wildman–Crippen LogP) is 6.31. The summed E-state index contributed by atoms with van der Waals surface area (Å²) in [6.07, 6.45) is 0. The molecule has 0 aromatic heterocycles. The Hall–Kier alpha value is -1.71. The smallest absolute Gasteiger partial charge is 0.243 e. The predicted molar refractivity (Wildman–Crippen MR) is 135 cm³/mol. The number of hydrogen-bond donors (Lipinski definition) is 1. The molecule has 9 heteroatoms. The molecule has 5 nitrogen and oxygen atoms in total. The van der Waals surface area contributed by atoms with E-state index in [0.717, 1.165) is 25.6 Å². The van der Waals surface area contributed by atoms with E-state index < -0.39 is 15.9 Å². The Morgan fingerprint density at radius 2 is 1.50 bits per heavy atom. The van der Waals surface area contributed by atoms with Crippen molar-refractivity contribution in [3.63, 3.8) is 0 Å². The molecule has 1 amide bonds. The fourth-order valence-corrected chi connectivity index (χ4v) is 5.68.